The van der Waals surface area contributed by atoms with Crippen LogP contribution in [0.5, 0.6) is 0 Å². The van der Waals surface area contributed by atoms with Gasteiger partial charge in [-0.25, -0.2) is 4.79 Å². The maximum atomic E-state index is 12.4. The number of nitrogens with one attached hydrogen (secondary N) is 2. The Balaban J connectivity index is 2.78. The van der Waals surface area contributed by atoms with Crippen molar-refractivity contribution in [3.63, 3.8) is 0 Å². The van der Waals surface area contributed by atoms with Crippen LogP contribution in [0.1, 0.15) is 25.3 Å². The molecule has 198 valence electrons. The average Bonchev–Trinajstić information content (AvgIpc) is 2.84. The number of carbonyl (C=O) groups excluding carboxylic acids is 3. The summed E-state index contributed by atoms with van der Waals surface area (Å²) in [6, 6.07) is 6.71. The van der Waals surface area contributed by atoms with Crippen LogP contribution in [0.4, 0.5) is 0 Å². The highest BCUT2D eigenvalue weighted by molar-refractivity contribution is 8.00. The number of nitrogens with two attached hydrogens (primary N) is 1. The Morgan fingerprint density at radius 3 is 2.44 bits per heavy atom. The largest absolute Gasteiger partial charge is 0.480 e. The van der Waals surface area contributed by atoms with Crippen LogP contribution in [0.3, 0.4) is 0 Å². The number of nitrogens with zero attached hydrogens (tertiary/aromatic N) is 1. The van der Waals surface area contributed by atoms with E-state index in [2.05, 4.69) is 15.8 Å². The lowest BCUT2D eigenvalue weighted by Crippen LogP contribution is -2.49. The second-order valence-electron chi connectivity index (χ2n) is 7.25. The van der Waals surface area contributed by atoms with Crippen molar-refractivity contribution >= 4 is 47.2 Å². The lowest BCUT2D eigenvalue weighted by atomic mass is 10.1. The van der Waals surface area contributed by atoms with E-state index in [-0.39, 0.29) is 43.3 Å². The molecule has 13 nitrogen and oxygen atoms in total. The smallest absolute Gasteiger partial charge is 0.356 e. The van der Waals surface area contributed by atoms with Crippen LogP contribution in [0.2, 0.25) is 0 Å². The Hall–Kier alpha value is -3.65. The topological polar surface area (TPSA) is 207 Å². The van der Waals surface area contributed by atoms with Gasteiger partial charge in [0.25, 0.3) is 0 Å². The van der Waals surface area contributed by atoms with Gasteiger partial charge < -0.3 is 36.2 Å². The van der Waals surface area contributed by atoms with Gasteiger partial charge in [0, 0.05) is 17.9 Å². The molecular weight excluding hydrogens is 496 g/mol. The molecule has 0 spiro atoms. The van der Waals surface area contributed by atoms with E-state index in [1.807, 2.05) is 30.3 Å². The number of oxime groups is 1. The normalized spacial score (nSPS) is 12.7. The number of carboxylic acids is 2. The maximum absolute atomic E-state index is 12.4. The van der Waals surface area contributed by atoms with E-state index in [0.29, 0.717) is 0 Å². The zero-order valence-electron chi connectivity index (χ0n) is 19.7. The van der Waals surface area contributed by atoms with Crippen LogP contribution < -0.4 is 16.4 Å². The molecule has 2 atom stereocenters. The molecule has 1 aromatic carbocycles. The van der Waals surface area contributed by atoms with E-state index >= 15 is 0 Å². The molecule has 1 aromatic rings. The third kappa shape index (κ3) is 12.7. The second-order valence-corrected chi connectivity index (χ2v) is 8.28. The molecule has 0 bridgehead atoms. The van der Waals surface area contributed by atoms with Gasteiger partial charge in [-0.3, -0.25) is 19.2 Å². The summed E-state index contributed by atoms with van der Waals surface area (Å²) in [5, 5.41) is 26.1. The maximum Gasteiger partial charge on any atom is 0.356 e. The van der Waals surface area contributed by atoms with Gasteiger partial charge >= 0.3 is 17.9 Å². The van der Waals surface area contributed by atoms with E-state index in [0.717, 1.165) is 17.3 Å². The highest BCUT2D eigenvalue weighted by Gasteiger charge is 2.24. The number of carboxylic acid groups (broad SMARTS) is 2. The number of rotatable bonds is 17. The van der Waals surface area contributed by atoms with E-state index < -0.39 is 48.4 Å². The van der Waals surface area contributed by atoms with Crippen molar-refractivity contribution in [1.29, 1.82) is 0 Å². The van der Waals surface area contributed by atoms with Crippen LogP contribution >= 0.6 is 11.8 Å². The standard InChI is InChI=1S/C22H30N4O9S/c1-2-34-22(33)17(26-35-11-14-6-4-3-5-7-14)13-36-12-16(20(30)24-10-19(28)29)25-18(27)9-8-15(23)21(31)32/h3-7,15-16H,2,8-13,23H2,1H3,(H,24,30)(H,25,27)(H,28,29)(H,31,32). The second kappa shape index (κ2) is 16.9. The minimum absolute atomic E-state index is 0.0317. The number of esters is 1. The predicted molar refractivity (Wildman–Crippen MR) is 130 cm³/mol. The minimum atomic E-state index is -1.28. The van der Waals surface area contributed by atoms with Crippen LogP contribution in [0.15, 0.2) is 35.5 Å². The molecular formula is C22H30N4O9S. The molecule has 0 aromatic heterocycles. The monoisotopic (exact) mass is 526 g/mol. The number of hydrogen-bond acceptors (Lipinski definition) is 10. The summed E-state index contributed by atoms with van der Waals surface area (Å²) < 4.78 is 4.98. The molecule has 0 aliphatic heterocycles. The molecule has 0 radical (unpaired) electrons. The molecule has 0 heterocycles. The summed E-state index contributed by atoms with van der Waals surface area (Å²) in [5.41, 5.74) is 6.16. The molecule has 0 aliphatic carbocycles. The Morgan fingerprint density at radius 1 is 1.14 bits per heavy atom. The lowest BCUT2D eigenvalue weighted by Gasteiger charge is -2.18. The molecule has 14 heteroatoms. The summed E-state index contributed by atoms with van der Waals surface area (Å²) >= 11 is 1.05. The number of aliphatic carboxylic acids is 2. The van der Waals surface area contributed by atoms with Gasteiger partial charge in [0.1, 0.15) is 25.2 Å². The van der Waals surface area contributed by atoms with Crippen LogP contribution in [0.25, 0.3) is 0 Å². The van der Waals surface area contributed by atoms with Gasteiger partial charge in [-0.15, -0.1) is 0 Å². The summed E-state index contributed by atoms with van der Waals surface area (Å²) in [4.78, 5) is 63.7. The van der Waals surface area contributed by atoms with E-state index in [4.69, 9.17) is 25.5 Å². The van der Waals surface area contributed by atoms with Gasteiger partial charge in [-0.2, -0.15) is 11.8 Å². The molecule has 1 rings (SSSR count). The van der Waals surface area contributed by atoms with Gasteiger partial charge in [0.05, 0.1) is 6.61 Å². The van der Waals surface area contributed by atoms with Crippen LogP contribution in [-0.2, 0) is 40.2 Å². The Morgan fingerprint density at radius 2 is 1.83 bits per heavy atom. The molecule has 2 amide bonds. The third-order valence-electron chi connectivity index (χ3n) is 4.35. The molecule has 0 saturated carbocycles. The molecule has 36 heavy (non-hydrogen) atoms. The predicted octanol–water partition coefficient (Wildman–Crippen LogP) is -0.267. The fourth-order valence-corrected chi connectivity index (χ4v) is 3.47. The van der Waals surface area contributed by atoms with Gasteiger partial charge in [-0.05, 0) is 18.9 Å². The minimum Gasteiger partial charge on any atom is -0.480 e. The van der Waals surface area contributed by atoms with Crippen molar-refractivity contribution in [3.05, 3.63) is 35.9 Å². The van der Waals surface area contributed by atoms with Crippen molar-refractivity contribution in [1.82, 2.24) is 10.6 Å². The molecule has 0 fully saturated rings. The van der Waals surface area contributed by atoms with Crippen molar-refractivity contribution in [2.75, 3.05) is 24.7 Å². The van der Waals surface area contributed by atoms with Crippen LogP contribution in [-0.4, -0.2) is 82.4 Å². The van der Waals surface area contributed by atoms with Crippen molar-refractivity contribution < 1.29 is 43.8 Å². The zero-order valence-corrected chi connectivity index (χ0v) is 20.5. The Bertz CT molecular complexity index is 927. The first kappa shape index (κ1) is 30.4. The highest BCUT2D eigenvalue weighted by atomic mass is 32.2. The number of amides is 2. The first-order valence-corrected chi connectivity index (χ1v) is 12.0. The Labute approximate surface area is 211 Å². The average molecular weight is 527 g/mol. The summed E-state index contributed by atoms with van der Waals surface area (Å²) in [6.45, 7) is 1.18. The van der Waals surface area contributed by atoms with Crippen molar-refractivity contribution in [2.24, 2.45) is 10.9 Å². The summed E-state index contributed by atoms with van der Waals surface area (Å²) in [6.07, 6.45) is -0.417. The van der Waals surface area contributed by atoms with E-state index in [1.165, 1.54) is 0 Å². The number of carbonyl (C=O) groups is 5. The third-order valence-corrected chi connectivity index (χ3v) is 5.39. The summed E-state index contributed by atoms with van der Waals surface area (Å²) in [5.74, 6) is -4.76. The van der Waals surface area contributed by atoms with Gasteiger partial charge in [0.2, 0.25) is 11.8 Å². The number of thioether (sulfide) groups is 1. The summed E-state index contributed by atoms with van der Waals surface area (Å²) in [7, 11) is 0. The SMILES string of the molecule is CCOC(=O)C(CSCC(NC(=O)CCC(N)C(=O)O)C(=O)NCC(=O)O)=NOCc1ccccc1. The fraction of sp³-hybridized carbons (Fsp3) is 0.455. The van der Waals surface area contributed by atoms with Gasteiger partial charge in [-0.1, -0.05) is 35.5 Å². The first-order chi connectivity index (χ1) is 17.1. The van der Waals surface area contributed by atoms with Crippen molar-refractivity contribution in [3.8, 4) is 0 Å². The van der Waals surface area contributed by atoms with Crippen LogP contribution in [0, 0.1) is 0 Å². The quantitative estimate of drug-likeness (QED) is 0.101. The van der Waals surface area contributed by atoms with Gasteiger partial charge in [0.15, 0.2) is 5.71 Å². The molecule has 2 unspecified atom stereocenters. The molecule has 6 N–H and O–H groups in total. The highest BCUT2D eigenvalue weighted by Crippen LogP contribution is 2.08. The lowest BCUT2D eigenvalue weighted by molar-refractivity contribution is -0.139. The number of benzene rings is 1. The van der Waals surface area contributed by atoms with E-state index in [1.54, 1.807) is 6.92 Å². The fourth-order valence-electron chi connectivity index (χ4n) is 2.51. The van der Waals surface area contributed by atoms with Crippen molar-refractivity contribution in [2.45, 2.75) is 38.5 Å². The molecule has 0 aliphatic rings. The van der Waals surface area contributed by atoms with E-state index in [9.17, 15) is 24.0 Å². The Kier molecular flexibility index (Phi) is 14.3. The number of ether oxygens (including phenoxy) is 1. The zero-order chi connectivity index (χ0) is 26.9. The molecule has 0 saturated heterocycles. The first-order valence-electron chi connectivity index (χ1n) is 10.9. The number of hydrogen-bond donors (Lipinski definition) is 5.